The van der Waals surface area contributed by atoms with E-state index in [0.717, 1.165) is 0 Å². The number of rotatable bonds is 3. The molecule has 4 nitrogen and oxygen atoms in total. The Balaban J connectivity index is 3.26. The molecule has 1 aromatic carbocycles. The Hall–Kier alpha value is -1.07. The monoisotopic (exact) mass is 284 g/mol. The highest BCUT2D eigenvalue weighted by molar-refractivity contribution is 7.89. The molecule has 0 spiro atoms. The van der Waals surface area contributed by atoms with Crippen molar-refractivity contribution in [2.75, 3.05) is 5.73 Å². The number of benzene rings is 1. The number of nitrogen functional groups attached to an aromatic ring is 1. The fraction of sp³-hybridized carbons (Fsp3) is 0.571. The maximum absolute atomic E-state index is 12.5. The fourth-order valence-corrected chi connectivity index (χ4v) is 3.67. The van der Waals surface area contributed by atoms with Crippen LogP contribution in [0, 0.1) is 19.3 Å². The molecule has 5 heteroatoms. The second-order valence-corrected chi connectivity index (χ2v) is 7.79. The Morgan fingerprint density at radius 2 is 1.74 bits per heavy atom. The second-order valence-electron chi connectivity index (χ2n) is 6.13. The van der Waals surface area contributed by atoms with E-state index >= 15 is 0 Å². The van der Waals surface area contributed by atoms with E-state index in [1.54, 1.807) is 26.0 Å². The molecule has 0 fully saturated rings. The Morgan fingerprint density at radius 1 is 1.21 bits per heavy atom. The molecule has 0 heterocycles. The third-order valence-electron chi connectivity index (χ3n) is 3.54. The first-order chi connectivity index (χ1) is 8.47. The maximum Gasteiger partial charge on any atom is 0.241 e. The normalized spacial score (nSPS) is 14.4. The van der Waals surface area contributed by atoms with Gasteiger partial charge >= 0.3 is 0 Å². The molecule has 0 saturated carbocycles. The number of anilines is 1. The molecule has 0 radical (unpaired) electrons. The molecule has 0 saturated heterocycles. The summed E-state index contributed by atoms with van der Waals surface area (Å²) >= 11 is 0. The van der Waals surface area contributed by atoms with Gasteiger partial charge < -0.3 is 5.73 Å². The van der Waals surface area contributed by atoms with Crippen LogP contribution in [0.15, 0.2) is 17.0 Å². The van der Waals surface area contributed by atoms with Crippen molar-refractivity contribution in [3.8, 4) is 0 Å². The Kier molecular flexibility index (Phi) is 4.32. The second kappa shape index (κ2) is 5.13. The molecule has 108 valence electrons. The summed E-state index contributed by atoms with van der Waals surface area (Å²) in [5.41, 5.74) is 7.48. The molecule has 0 aliphatic heterocycles. The molecule has 1 aromatic rings. The first-order valence-corrected chi connectivity index (χ1v) is 7.83. The van der Waals surface area contributed by atoms with Gasteiger partial charge in [-0.15, -0.1) is 0 Å². The molecule has 0 aliphatic carbocycles. The van der Waals surface area contributed by atoms with Gasteiger partial charge in [0.15, 0.2) is 0 Å². The number of hydrogen-bond acceptors (Lipinski definition) is 3. The Bertz CT molecular complexity index is 572. The van der Waals surface area contributed by atoms with Crippen molar-refractivity contribution in [2.45, 2.75) is 52.5 Å². The Labute approximate surface area is 116 Å². The van der Waals surface area contributed by atoms with Crippen LogP contribution in [0.1, 0.15) is 38.8 Å². The van der Waals surface area contributed by atoms with E-state index in [0.29, 0.717) is 21.7 Å². The van der Waals surface area contributed by atoms with Crippen LogP contribution in [-0.4, -0.2) is 14.5 Å². The summed E-state index contributed by atoms with van der Waals surface area (Å²) in [7, 11) is -3.56. The van der Waals surface area contributed by atoms with E-state index in [4.69, 9.17) is 5.73 Å². The molecule has 3 N–H and O–H groups in total. The van der Waals surface area contributed by atoms with Crippen molar-refractivity contribution in [1.29, 1.82) is 0 Å². The zero-order valence-corrected chi connectivity index (χ0v) is 13.4. The fourth-order valence-electron chi connectivity index (χ4n) is 1.72. The van der Waals surface area contributed by atoms with Crippen LogP contribution in [0.25, 0.3) is 0 Å². The molecule has 0 aromatic heterocycles. The van der Waals surface area contributed by atoms with Crippen molar-refractivity contribution in [1.82, 2.24) is 4.72 Å². The van der Waals surface area contributed by atoms with Crippen molar-refractivity contribution in [2.24, 2.45) is 5.41 Å². The number of hydrogen-bond donors (Lipinski definition) is 2. The van der Waals surface area contributed by atoms with Gasteiger partial charge in [0.25, 0.3) is 0 Å². The summed E-state index contributed by atoms with van der Waals surface area (Å²) in [6.45, 7) is 11.4. The highest BCUT2D eigenvalue weighted by Crippen LogP contribution is 2.27. The summed E-state index contributed by atoms with van der Waals surface area (Å²) in [6.07, 6.45) is 0. The van der Waals surface area contributed by atoms with Gasteiger partial charge in [0, 0.05) is 11.7 Å². The average Bonchev–Trinajstić information content (AvgIpc) is 2.21. The summed E-state index contributed by atoms with van der Waals surface area (Å²) < 4.78 is 27.8. The van der Waals surface area contributed by atoms with Crippen LogP contribution in [0.5, 0.6) is 0 Å². The smallest absolute Gasteiger partial charge is 0.241 e. The predicted molar refractivity (Wildman–Crippen MR) is 79.6 cm³/mol. The lowest BCUT2D eigenvalue weighted by atomic mass is 9.89. The molecule has 0 amide bonds. The van der Waals surface area contributed by atoms with Crippen molar-refractivity contribution in [3.63, 3.8) is 0 Å². The molecule has 1 unspecified atom stereocenters. The third-order valence-corrected chi connectivity index (χ3v) is 5.37. The van der Waals surface area contributed by atoms with Crippen molar-refractivity contribution < 1.29 is 8.42 Å². The van der Waals surface area contributed by atoms with E-state index in [2.05, 4.69) is 4.72 Å². The van der Waals surface area contributed by atoms with Gasteiger partial charge in [0.05, 0.1) is 4.90 Å². The van der Waals surface area contributed by atoms with Gasteiger partial charge in [-0.3, -0.25) is 0 Å². The SMILES string of the molecule is Cc1ccc(N)c(C)c1S(=O)(=O)NC(C)C(C)(C)C. The zero-order chi connectivity index (χ0) is 15.0. The number of nitrogens with one attached hydrogen (secondary N) is 1. The largest absolute Gasteiger partial charge is 0.398 e. The van der Waals surface area contributed by atoms with Gasteiger partial charge in [-0.1, -0.05) is 26.8 Å². The number of nitrogens with two attached hydrogens (primary N) is 1. The van der Waals surface area contributed by atoms with E-state index in [9.17, 15) is 8.42 Å². The average molecular weight is 284 g/mol. The van der Waals surface area contributed by atoms with Crippen molar-refractivity contribution >= 4 is 15.7 Å². The molecule has 1 rings (SSSR count). The lowest BCUT2D eigenvalue weighted by Crippen LogP contribution is -2.41. The van der Waals surface area contributed by atoms with Gasteiger partial charge in [-0.25, -0.2) is 13.1 Å². The number of sulfonamides is 1. The predicted octanol–water partition coefficient (Wildman–Crippen LogP) is 2.60. The molecular weight excluding hydrogens is 260 g/mol. The van der Waals surface area contributed by atoms with Crippen molar-refractivity contribution in [3.05, 3.63) is 23.3 Å². The van der Waals surface area contributed by atoms with Crippen LogP contribution >= 0.6 is 0 Å². The van der Waals surface area contributed by atoms with E-state index in [-0.39, 0.29) is 11.5 Å². The lowest BCUT2D eigenvalue weighted by Gasteiger charge is -2.28. The molecule has 19 heavy (non-hydrogen) atoms. The first kappa shape index (κ1) is 16.0. The maximum atomic E-state index is 12.5. The minimum absolute atomic E-state index is 0.144. The zero-order valence-electron chi connectivity index (χ0n) is 12.5. The van der Waals surface area contributed by atoms with Gasteiger partial charge in [-0.2, -0.15) is 0 Å². The summed E-state index contributed by atoms with van der Waals surface area (Å²) in [5.74, 6) is 0. The van der Waals surface area contributed by atoms with Crippen LogP contribution in [-0.2, 0) is 10.0 Å². The van der Waals surface area contributed by atoms with Gasteiger partial charge in [0.2, 0.25) is 10.0 Å². The van der Waals surface area contributed by atoms with E-state index < -0.39 is 10.0 Å². The minimum atomic E-state index is -3.56. The van der Waals surface area contributed by atoms with Crippen LogP contribution in [0.4, 0.5) is 5.69 Å². The van der Waals surface area contributed by atoms with Crippen LogP contribution in [0.3, 0.4) is 0 Å². The van der Waals surface area contributed by atoms with E-state index in [1.807, 2.05) is 27.7 Å². The van der Waals surface area contributed by atoms with Crippen LogP contribution in [0.2, 0.25) is 0 Å². The van der Waals surface area contributed by atoms with Gasteiger partial charge in [-0.05, 0) is 43.4 Å². The van der Waals surface area contributed by atoms with Crippen LogP contribution < -0.4 is 10.5 Å². The molecule has 1 atom stereocenters. The highest BCUT2D eigenvalue weighted by atomic mass is 32.2. The third kappa shape index (κ3) is 3.48. The number of aryl methyl sites for hydroxylation is 1. The Morgan fingerprint density at radius 3 is 2.21 bits per heavy atom. The standard InChI is InChI=1S/C14H24N2O2S/c1-9-7-8-12(15)10(2)13(9)19(17,18)16-11(3)14(4,5)6/h7-8,11,16H,15H2,1-6H3. The highest BCUT2D eigenvalue weighted by Gasteiger charge is 2.28. The minimum Gasteiger partial charge on any atom is -0.398 e. The topological polar surface area (TPSA) is 72.2 Å². The molecule has 0 aliphatic rings. The first-order valence-electron chi connectivity index (χ1n) is 6.35. The summed E-state index contributed by atoms with van der Waals surface area (Å²) in [4.78, 5) is 0.295. The van der Waals surface area contributed by atoms with Gasteiger partial charge in [0.1, 0.15) is 0 Å². The summed E-state index contributed by atoms with van der Waals surface area (Å²) in [6, 6.07) is 3.30. The molecular formula is C14H24N2O2S. The lowest BCUT2D eigenvalue weighted by molar-refractivity contribution is 0.317. The molecule has 0 bridgehead atoms. The summed E-state index contributed by atoms with van der Waals surface area (Å²) in [5, 5.41) is 0. The quantitative estimate of drug-likeness (QED) is 0.838. The van der Waals surface area contributed by atoms with E-state index in [1.165, 1.54) is 0 Å².